The van der Waals surface area contributed by atoms with Crippen molar-refractivity contribution in [2.24, 2.45) is 0 Å². The molecule has 0 unspecified atom stereocenters. The third kappa shape index (κ3) is 3.86. The number of rotatable bonds is 5. The lowest BCUT2D eigenvalue weighted by molar-refractivity contribution is 0.0955. The molecule has 1 amide bonds. The predicted octanol–water partition coefficient (Wildman–Crippen LogP) is 2.55. The molecule has 0 atom stereocenters. The van der Waals surface area contributed by atoms with Crippen LogP contribution in [-0.2, 0) is 16.6 Å². The molecular weight excluding hydrogens is 344 g/mol. The molecule has 8 heteroatoms. The zero-order valence-electron chi connectivity index (χ0n) is 12.0. The lowest BCUT2D eigenvalue weighted by Crippen LogP contribution is -2.22. The van der Waals surface area contributed by atoms with Crippen LogP contribution in [-0.4, -0.2) is 21.4 Å². The van der Waals surface area contributed by atoms with Crippen LogP contribution < -0.4 is 10.0 Å². The summed E-state index contributed by atoms with van der Waals surface area (Å²) < 4.78 is 25.6. The van der Waals surface area contributed by atoms with E-state index < -0.39 is 10.0 Å². The Morgan fingerprint density at radius 1 is 1.27 bits per heavy atom. The molecule has 1 heterocycles. The number of carbonyl (C=O) groups excluding carboxylic acids is 1. The first-order valence-corrected chi connectivity index (χ1v) is 9.08. The van der Waals surface area contributed by atoms with Crippen molar-refractivity contribution in [2.45, 2.75) is 17.7 Å². The summed E-state index contributed by atoms with van der Waals surface area (Å²) >= 11 is 7.02. The van der Waals surface area contributed by atoms with Crippen LogP contribution in [0.25, 0.3) is 0 Å². The van der Waals surface area contributed by atoms with E-state index in [1.807, 2.05) is 25.1 Å². The van der Waals surface area contributed by atoms with Gasteiger partial charge in [-0.25, -0.2) is 13.1 Å². The molecular formula is C14H15ClN2O3S2. The number of halogens is 1. The summed E-state index contributed by atoms with van der Waals surface area (Å²) in [7, 11) is -2.19. The number of benzene rings is 1. The van der Waals surface area contributed by atoms with E-state index in [0.29, 0.717) is 9.90 Å². The Morgan fingerprint density at radius 3 is 2.64 bits per heavy atom. The van der Waals surface area contributed by atoms with Gasteiger partial charge in [0, 0.05) is 11.6 Å². The summed E-state index contributed by atoms with van der Waals surface area (Å²) in [4.78, 5) is 12.4. The number of carbonyl (C=O) groups is 1. The summed E-state index contributed by atoms with van der Waals surface area (Å²) in [6.45, 7) is 2.22. The fraction of sp³-hybridized carbons (Fsp3) is 0.214. The van der Waals surface area contributed by atoms with E-state index in [9.17, 15) is 13.2 Å². The number of hydrogen-bond donors (Lipinski definition) is 2. The number of hydrogen-bond acceptors (Lipinski definition) is 4. The van der Waals surface area contributed by atoms with Gasteiger partial charge in [0.1, 0.15) is 4.21 Å². The number of nitrogens with one attached hydrogen (secondary N) is 2. The number of amides is 1. The number of aryl methyl sites for hydroxylation is 1. The zero-order chi connectivity index (χ0) is 16.3. The SMILES string of the molecule is CNS(=O)(=O)c1ccc(C(=O)NCc2ccc(C)cc2Cl)s1. The second-order valence-electron chi connectivity index (χ2n) is 4.60. The van der Waals surface area contributed by atoms with Crippen molar-refractivity contribution in [2.75, 3.05) is 7.05 Å². The summed E-state index contributed by atoms with van der Waals surface area (Å²) in [6, 6.07) is 8.48. The fourth-order valence-electron chi connectivity index (χ4n) is 1.75. The smallest absolute Gasteiger partial charge is 0.261 e. The van der Waals surface area contributed by atoms with Crippen molar-refractivity contribution in [3.05, 3.63) is 51.4 Å². The Balaban J connectivity index is 2.07. The average Bonchev–Trinajstić information content (AvgIpc) is 2.96. The maximum Gasteiger partial charge on any atom is 0.261 e. The van der Waals surface area contributed by atoms with Crippen LogP contribution in [0.1, 0.15) is 20.8 Å². The number of sulfonamides is 1. The van der Waals surface area contributed by atoms with Crippen LogP contribution in [0.2, 0.25) is 5.02 Å². The van der Waals surface area contributed by atoms with Crippen molar-refractivity contribution in [3.8, 4) is 0 Å². The molecule has 2 aromatic rings. The van der Waals surface area contributed by atoms with Crippen molar-refractivity contribution < 1.29 is 13.2 Å². The lowest BCUT2D eigenvalue weighted by atomic mass is 10.1. The van der Waals surface area contributed by atoms with Gasteiger partial charge >= 0.3 is 0 Å². The van der Waals surface area contributed by atoms with E-state index in [1.165, 1.54) is 19.2 Å². The minimum atomic E-state index is -3.52. The third-order valence-corrected chi connectivity index (χ3v) is 6.33. The number of thiophene rings is 1. The van der Waals surface area contributed by atoms with Gasteiger partial charge in [-0.1, -0.05) is 23.7 Å². The Hall–Kier alpha value is -1.41. The minimum absolute atomic E-state index is 0.105. The molecule has 0 aliphatic carbocycles. The molecule has 5 nitrogen and oxygen atoms in total. The average molecular weight is 359 g/mol. The molecule has 0 radical (unpaired) electrons. The first-order chi connectivity index (χ1) is 10.3. The van der Waals surface area contributed by atoms with Crippen LogP contribution in [0.5, 0.6) is 0 Å². The van der Waals surface area contributed by atoms with Crippen LogP contribution in [0.4, 0.5) is 0 Å². The van der Waals surface area contributed by atoms with Crippen LogP contribution in [0.3, 0.4) is 0 Å². The molecule has 22 heavy (non-hydrogen) atoms. The van der Waals surface area contributed by atoms with Gasteiger partial charge in [0.15, 0.2) is 0 Å². The van der Waals surface area contributed by atoms with Crippen LogP contribution in [0.15, 0.2) is 34.5 Å². The fourth-order valence-corrected chi connectivity index (χ4v) is 4.11. The highest BCUT2D eigenvalue weighted by atomic mass is 35.5. The molecule has 0 aliphatic rings. The molecule has 0 fully saturated rings. The Kier molecular flexibility index (Phi) is 5.23. The van der Waals surface area contributed by atoms with Gasteiger partial charge in [0.25, 0.3) is 5.91 Å². The standard InChI is InChI=1S/C14H15ClN2O3S2/c1-9-3-4-10(11(15)7-9)8-17-14(18)12-5-6-13(21-12)22(19,20)16-2/h3-7,16H,8H2,1-2H3,(H,17,18). The summed E-state index contributed by atoms with van der Waals surface area (Å²) in [5.41, 5.74) is 1.85. The second kappa shape index (κ2) is 6.78. The van der Waals surface area contributed by atoms with Crippen molar-refractivity contribution in [1.29, 1.82) is 0 Å². The second-order valence-corrected chi connectivity index (χ2v) is 8.21. The molecule has 118 valence electrons. The Bertz CT molecular complexity index is 800. The summed E-state index contributed by atoms with van der Waals surface area (Å²) in [5, 5.41) is 3.32. The zero-order valence-corrected chi connectivity index (χ0v) is 14.4. The molecule has 1 aromatic carbocycles. The monoisotopic (exact) mass is 358 g/mol. The Morgan fingerprint density at radius 2 is 2.00 bits per heavy atom. The molecule has 0 spiro atoms. The maximum absolute atomic E-state index is 12.1. The molecule has 0 saturated heterocycles. The topological polar surface area (TPSA) is 75.3 Å². The minimum Gasteiger partial charge on any atom is -0.347 e. The van der Waals surface area contributed by atoms with Crippen molar-refractivity contribution in [3.63, 3.8) is 0 Å². The molecule has 1 aromatic heterocycles. The largest absolute Gasteiger partial charge is 0.347 e. The van der Waals surface area contributed by atoms with Gasteiger partial charge in [-0.2, -0.15) is 0 Å². The lowest BCUT2D eigenvalue weighted by Gasteiger charge is -2.06. The normalized spacial score (nSPS) is 11.4. The molecule has 0 bridgehead atoms. The van der Waals surface area contributed by atoms with Gasteiger partial charge < -0.3 is 5.32 Å². The van der Waals surface area contributed by atoms with Crippen molar-refractivity contribution in [1.82, 2.24) is 10.0 Å². The summed E-state index contributed by atoms with van der Waals surface area (Å²) in [6.07, 6.45) is 0. The molecule has 0 aliphatic heterocycles. The molecule has 0 saturated carbocycles. The highest BCUT2D eigenvalue weighted by molar-refractivity contribution is 7.91. The quantitative estimate of drug-likeness (QED) is 0.862. The highest BCUT2D eigenvalue weighted by Crippen LogP contribution is 2.22. The van der Waals surface area contributed by atoms with E-state index in [-0.39, 0.29) is 16.7 Å². The van der Waals surface area contributed by atoms with E-state index in [4.69, 9.17) is 11.6 Å². The Labute approximate surface area is 138 Å². The van der Waals surface area contributed by atoms with E-state index in [1.54, 1.807) is 0 Å². The van der Waals surface area contributed by atoms with Gasteiger partial charge in [0.05, 0.1) is 4.88 Å². The van der Waals surface area contributed by atoms with E-state index >= 15 is 0 Å². The van der Waals surface area contributed by atoms with Gasteiger partial charge in [-0.3, -0.25) is 4.79 Å². The van der Waals surface area contributed by atoms with Gasteiger partial charge in [-0.15, -0.1) is 11.3 Å². The van der Waals surface area contributed by atoms with Gasteiger partial charge in [0.2, 0.25) is 10.0 Å². The van der Waals surface area contributed by atoms with Gasteiger partial charge in [-0.05, 0) is 43.3 Å². The van der Waals surface area contributed by atoms with Crippen molar-refractivity contribution >= 4 is 38.9 Å². The first-order valence-electron chi connectivity index (χ1n) is 6.40. The maximum atomic E-state index is 12.1. The molecule has 2 rings (SSSR count). The van der Waals surface area contributed by atoms with E-state index in [0.717, 1.165) is 22.5 Å². The summed E-state index contributed by atoms with van der Waals surface area (Å²) in [5.74, 6) is -0.334. The van der Waals surface area contributed by atoms with Crippen LogP contribution in [0, 0.1) is 6.92 Å². The third-order valence-electron chi connectivity index (χ3n) is 2.99. The highest BCUT2D eigenvalue weighted by Gasteiger charge is 2.17. The first kappa shape index (κ1) is 17.0. The van der Waals surface area contributed by atoms with Crippen LogP contribution >= 0.6 is 22.9 Å². The predicted molar refractivity (Wildman–Crippen MR) is 87.9 cm³/mol. The molecule has 2 N–H and O–H groups in total. The van der Waals surface area contributed by atoms with E-state index in [2.05, 4.69) is 10.0 Å².